The van der Waals surface area contributed by atoms with Gasteiger partial charge in [0.1, 0.15) is 11.6 Å². The van der Waals surface area contributed by atoms with Gasteiger partial charge in [-0.1, -0.05) is 23.2 Å². The van der Waals surface area contributed by atoms with E-state index >= 15 is 0 Å². The Morgan fingerprint density at radius 1 is 1.10 bits per heavy atom. The van der Waals surface area contributed by atoms with Crippen LogP contribution in [0.1, 0.15) is 10.4 Å². The first-order chi connectivity index (χ1) is 9.79. The number of nitrogen functional groups attached to an aromatic ring is 1. The van der Waals surface area contributed by atoms with E-state index in [-0.39, 0.29) is 31.5 Å². The van der Waals surface area contributed by atoms with Crippen molar-refractivity contribution in [2.24, 2.45) is 0 Å². The van der Waals surface area contributed by atoms with Crippen LogP contribution in [-0.2, 0) is 0 Å². The highest BCUT2D eigenvalue weighted by molar-refractivity contribution is 9.10. The Labute approximate surface area is 137 Å². The second-order valence-corrected chi connectivity index (χ2v) is 5.72. The van der Waals surface area contributed by atoms with E-state index in [9.17, 15) is 13.6 Å². The molecule has 0 saturated heterocycles. The maximum Gasteiger partial charge on any atom is 0.255 e. The van der Waals surface area contributed by atoms with Crippen molar-refractivity contribution >= 4 is 56.4 Å². The molecule has 110 valence electrons. The van der Waals surface area contributed by atoms with Crippen LogP contribution in [-0.4, -0.2) is 5.91 Å². The number of amides is 1. The first-order valence-electron chi connectivity index (χ1n) is 5.50. The highest BCUT2D eigenvalue weighted by Gasteiger charge is 2.15. The number of hydrogen-bond donors (Lipinski definition) is 2. The van der Waals surface area contributed by atoms with E-state index in [4.69, 9.17) is 28.9 Å². The fourth-order valence-corrected chi connectivity index (χ4v) is 2.33. The predicted octanol–water partition coefficient (Wildman–Crippen LogP) is 4.87. The molecule has 0 heterocycles. The van der Waals surface area contributed by atoms with Gasteiger partial charge in [-0.3, -0.25) is 4.79 Å². The van der Waals surface area contributed by atoms with Gasteiger partial charge in [0.05, 0.1) is 25.9 Å². The van der Waals surface area contributed by atoms with Crippen LogP contribution < -0.4 is 11.1 Å². The van der Waals surface area contributed by atoms with Gasteiger partial charge in [-0.15, -0.1) is 0 Å². The summed E-state index contributed by atoms with van der Waals surface area (Å²) >= 11 is 14.5. The number of nitrogens with two attached hydrogens (primary N) is 1. The van der Waals surface area contributed by atoms with E-state index in [1.807, 2.05) is 0 Å². The molecule has 8 heteroatoms. The third kappa shape index (κ3) is 3.45. The zero-order valence-electron chi connectivity index (χ0n) is 10.2. The van der Waals surface area contributed by atoms with E-state index < -0.39 is 17.5 Å². The summed E-state index contributed by atoms with van der Waals surface area (Å²) in [6.45, 7) is 0. The fraction of sp³-hybridized carbons (Fsp3) is 0. The van der Waals surface area contributed by atoms with Gasteiger partial charge in [0.15, 0.2) is 0 Å². The van der Waals surface area contributed by atoms with Crippen molar-refractivity contribution in [2.75, 3.05) is 11.1 Å². The topological polar surface area (TPSA) is 55.1 Å². The minimum Gasteiger partial charge on any atom is -0.396 e. The zero-order valence-corrected chi connectivity index (χ0v) is 13.3. The summed E-state index contributed by atoms with van der Waals surface area (Å²) < 4.78 is 27.0. The summed E-state index contributed by atoms with van der Waals surface area (Å²) in [5.41, 5.74) is 5.46. The number of benzene rings is 2. The van der Waals surface area contributed by atoms with Crippen LogP contribution in [0.15, 0.2) is 28.7 Å². The van der Waals surface area contributed by atoms with Gasteiger partial charge in [0, 0.05) is 11.6 Å². The molecule has 3 nitrogen and oxygen atoms in total. The van der Waals surface area contributed by atoms with Crippen LogP contribution in [0.25, 0.3) is 0 Å². The molecule has 0 aliphatic carbocycles. The number of halogens is 5. The number of rotatable bonds is 2. The van der Waals surface area contributed by atoms with Gasteiger partial charge >= 0.3 is 0 Å². The Bertz CT molecular complexity index is 717. The lowest BCUT2D eigenvalue weighted by Crippen LogP contribution is -2.13. The van der Waals surface area contributed by atoms with Crippen LogP contribution in [0.5, 0.6) is 0 Å². The minimum absolute atomic E-state index is 0.0448. The van der Waals surface area contributed by atoms with Crippen molar-refractivity contribution in [3.63, 3.8) is 0 Å². The van der Waals surface area contributed by atoms with E-state index in [1.54, 1.807) is 0 Å². The molecule has 2 rings (SSSR count). The number of carbonyl (C=O) groups excluding carboxylic acids is 1. The normalized spacial score (nSPS) is 10.5. The molecule has 0 aromatic heterocycles. The van der Waals surface area contributed by atoms with Crippen molar-refractivity contribution in [3.05, 3.63) is 56.0 Å². The van der Waals surface area contributed by atoms with Gasteiger partial charge in [0.2, 0.25) is 0 Å². The quantitative estimate of drug-likeness (QED) is 0.563. The Morgan fingerprint density at radius 2 is 1.67 bits per heavy atom. The molecule has 0 atom stereocenters. The molecule has 0 bridgehead atoms. The molecule has 0 fully saturated rings. The number of carbonyl (C=O) groups is 1. The fourth-order valence-electron chi connectivity index (χ4n) is 1.53. The Kier molecular flexibility index (Phi) is 4.70. The van der Waals surface area contributed by atoms with Gasteiger partial charge in [-0.2, -0.15) is 0 Å². The van der Waals surface area contributed by atoms with E-state index in [1.165, 1.54) is 12.1 Å². The number of anilines is 2. The second-order valence-electron chi connectivity index (χ2n) is 4.05. The molecule has 0 radical (unpaired) electrons. The molecule has 3 N–H and O–H groups in total. The van der Waals surface area contributed by atoms with Crippen LogP contribution in [0, 0.1) is 11.6 Å². The number of hydrogen-bond acceptors (Lipinski definition) is 2. The third-order valence-electron chi connectivity index (χ3n) is 2.60. The number of nitrogens with one attached hydrogen (secondary N) is 1. The average molecular weight is 396 g/mol. The van der Waals surface area contributed by atoms with E-state index in [0.29, 0.717) is 0 Å². The Balaban J connectivity index is 2.32. The third-order valence-corrected chi connectivity index (χ3v) is 3.83. The summed E-state index contributed by atoms with van der Waals surface area (Å²) in [6.07, 6.45) is 0. The molecular weight excluding hydrogens is 389 g/mol. The summed E-state index contributed by atoms with van der Waals surface area (Å²) in [5, 5.41) is 2.42. The first kappa shape index (κ1) is 16.0. The average Bonchev–Trinajstić information content (AvgIpc) is 2.41. The van der Waals surface area contributed by atoms with Crippen LogP contribution >= 0.6 is 39.1 Å². The van der Waals surface area contributed by atoms with Crippen LogP contribution in [0.4, 0.5) is 20.2 Å². The van der Waals surface area contributed by atoms with Gasteiger partial charge in [-0.25, -0.2) is 8.78 Å². The van der Waals surface area contributed by atoms with Crippen molar-refractivity contribution in [1.82, 2.24) is 0 Å². The van der Waals surface area contributed by atoms with Gasteiger partial charge < -0.3 is 11.1 Å². The molecule has 1 amide bonds. The first-order valence-corrected chi connectivity index (χ1v) is 7.05. The molecule has 0 spiro atoms. The molecule has 0 saturated carbocycles. The molecule has 0 aliphatic rings. The van der Waals surface area contributed by atoms with Crippen LogP contribution in [0.2, 0.25) is 10.0 Å². The molecule has 0 aliphatic heterocycles. The van der Waals surface area contributed by atoms with Crippen molar-refractivity contribution in [1.29, 1.82) is 0 Å². The molecule has 2 aromatic carbocycles. The summed E-state index contributed by atoms with van der Waals surface area (Å²) in [5.74, 6) is -2.19. The lowest BCUT2D eigenvalue weighted by atomic mass is 10.2. The SMILES string of the molecule is Nc1c(Cl)cc(C(=O)Nc2cc(F)c(Br)cc2F)cc1Cl. The van der Waals surface area contributed by atoms with Gasteiger partial charge in [0.25, 0.3) is 5.91 Å². The Hall–Kier alpha value is -1.37. The molecule has 21 heavy (non-hydrogen) atoms. The maximum atomic E-state index is 13.6. The monoisotopic (exact) mass is 394 g/mol. The lowest BCUT2D eigenvalue weighted by Gasteiger charge is -2.09. The van der Waals surface area contributed by atoms with E-state index in [2.05, 4.69) is 21.2 Å². The lowest BCUT2D eigenvalue weighted by molar-refractivity contribution is 0.102. The highest BCUT2D eigenvalue weighted by atomic mass is 79.9. The summed E-state index contributed by atoms with van der Waals surface area (Å²) in [4.78, 5) is 12.0. The highest BCUT2D eigenvalue weighted by Crippen LogP contribution is 2.29. The van der Waals surface area contributed by atoms with E-state index in [0.717, 1.165) is 12.1 Å². The van der Waals surface area contributed by atoms with Crippen molar-refractivity contribution < 1.29 is 13.6 Å². The zero-order chi connectivity index (χ0) is 15.7. The van der Waals surface area contributed by atoms with Crippen LogP contribution in [0.3, 0.4) is 0 Å². The Morgan fingerprint density at radius 3 is 2.24 bits per heavy atom. The summed E-state index contributed by atoms with van der Waals surface area (Å²) in [7, 11) is 0. The van der Waals surface area contributed by atoms with Crippen molar-refractivity contribution in [3.8, 4) is 0 Å². The minimum atomic E-state index is -0.788. The standard InChI is InChI=1S/C13H7BrCl2F2N2O/c14-6-3-10(18)11(4-9(6)17)20-13(21)5-1-7(15)12(19)8(16)2-5/h1-4H,19H2,(H,20,21). The molecule has 0 unspecified atom stereocenters. The predicted molar refractivity (Wildman–Crippen MR) is 82.9 cm³/mol. The maximum absolute atomic E-state index is 13.6. The molecular formula is C13H7BrCl2F2N2O. The largest absolute Gasteiger partial charge is 0.396 e. The second kappa shape index (κ2) is 6.17. The van der Waals surface area contributed by atoms with Gasteiger partial charge in [-0.05, 0) is 34.1 Å². The smallest absolute Gasteiger partial charge is 0.255 e. The van der Waals surface area contributed by atoms with Crippen molar-refractivity contribution in [2.45, 2.75) is 0 Å². The molecule has 2 aromatic rings. The summed E-state index contributed by atoms with van der Waals surface area (Å²) in [6, 6.07) is 4.34.